The lowest BCUT2D eigenvalue weighted by Gasteiger charge is -2.34. The van der Waals surface area contributed by atoms with Crippen molar-refractivity contribution >= 4 is 21.6 Å². The number of benzene rings is 1. The highest BCUT2D eigenvalue weighted by Gasteiger charge is 2.20. The fraction of sp³-hybridized carbons (Fsp3) is 0.625. The summed E-state index contributed by atoms with van der Waals surface area (Å²) >= 11 is 3.66. The Bertz CT molecular complexity index is 425. The molecule has 1 atom stereocenters. The van der Waals surface area contributed by atoms with Gasteiger partial charge in [-0.15, -0.1) is 0 Å². The van der Waals surface area contributed by atoms with Crippen LogP contribution in [0.5, 0.6) is 0 Å². The number of anilines is 1. The molecule has 1 unspecified atom stereocenters. The van der Waals surface area contributed by atoms with E-state index >= 15 is 0 Å². The molecule has 3 nitrogen and oxygen atoms in total. The van der Waals surface area contributed by atoms with Gasteiger partial charge in [-0.25, -0.2) is 0 Å². The van der Waals surface area contributed by atoms with Gasteiger partial charge in [0.1, 0.15) is 0 Å². The van der Waals surface area contributed by atoms with Gasteiger partial charge in [0, 0.05) is 29.9 Å². The van der Waals surface area contributed by atoms with E-state index in [1.807, 2.05) is 0 Å². The molecule has 20 heavy (non-hydrogen) atoms. The highest BCUT2D eigenvalue weighted by atomic mass is 79.9. The SMILES string of the molecule is CCCOC1CCCN(c2ccc(CCN)c(Br)c2)C1. The second kappa shape index (κ2) is 8.01. The lowest BCUT2D eigenvalue weighted by molar-refractivity contribution is 0.0440. The normalized spacial score (nSPS) is 19.4. The molecule has 2 rings (SSSR count). The predicted molar refractivity (Wildman–Crippen MR) is 88.4 cm³/mol. The Morgan fingerprint density at radius 2 is 2.30 bits per heavy atom. The second-order valence-corrected chi connectivity index (χ2v) is 6.25. The summed E-state index contributed by atoms with van der Waals surface area (Å²) in [5.41, 5.74) is 8.19. The van der Waals surface area contributed by atoms with Crippen molar-refractivity contribution in [2.45, 2.75) is 38.7 Å². The van der Waals surface area contributed by atoms with Crippen LogP contribution in [0.15, 0.2) is 22.7 Å². The molecule has 1 aromatic rings. The number of ether oxygens (including phenoxy) is 1. The van der Waals surface area contributed by atoms with Crippen molar-refractivity contribution in [2.75, 3.05) is 31.1 Å². The number of nitrogens with zero attached hydrogens (tertiary/aromatic N) is 1. The summed E-state index contributed by atoms with van der Waals surface area (Å²) in [5.74, 6) is 0. The van der Waals surface area contributed by atoms with Crippen LogP contribution in [-0.4, -0.2) is 32.3 Å². The van der Waals surface area contributed by atoms with E-state index < -0.39 is 0 Å². The smallest absolute Gasteiger partial charge is 0.0750 e. The fourth-order valence-electron chi connectivity index (χ4n) is 2.68. The molecule has 1 heterocycles. The first-order valence-corrected chi connectivity index (χ1v) is 8.39. The first-order valence-electron chi connectivity index (χ1n) is 7.59. The Hall–Kier alpha value is -0.580. The molecule has 0 bridgehead atoms. The van der Waals surface area contributed by atoms with Crippen LogP contribution in [0, 0.1) is 0 Å². The van der Waals surface area contributed by atoms with Gasteiger partial charge in [-0.3, -0.25) is 0 Å². The van der Waals surface area contributed by atoms with Crippen molar-refractivity contribution in [1.82, 2.24) is 0 Å². The summed E-state index contributed by atoms with van der Waals surface area (Å²) in [4.78, 5) is 2.43. The molecule has 1 aliphatic heterocycles. The van der Waals surface area contributed by atoms with Gasteiger partial charge in [0.25, 0.3) is 0 Å². The van der Waals surface area contributed by atoms with E-state index in [1.54, 1.807) is 0 Å². The average molecular weight is 341 g/mol. The summed E-state index contributed by atoms with van der Waals surface area (Å²) < 4.78 is 7.07. The molecule has 4 heteroatoms. The third-order valence-electron chi connectivity index (χ3n) is 3.75. The van der Waals surface area contributed by atoms with Crippen LogP contribution < -0.4 is 10.6 Å². The minimum Gasteiger partial charge on any atom is -0.376 e. The lowest BCUT2D eigenvalue weighted by Crippen LogP contribution is -2.39. The molecule has 0 aromatic heterocycles. The van der Waals surface area contributed by atoms with Gasteiger partial charge in [0.2, 0.25) is 0 Å². The summed E-state index contributed by atoms with van der Waals surface area (Å²) in [6, 6.07) is 6.61. The van der Waals surface area contributed by atoms with Crippen molar-refractivity contribution in [1.29, 1.82) is 0 Å². The van der Waals surface area contributed by atoms with Crippen molar-refractivity contribution in [3.05, 3.63) is 28.2 Å². The van der Waals surface area contributed by atoms with Crippen molar-refractivity contribution < 1.29 is 4.74 Å². The molecule has 0 aliphatic carbocycles. The first-order chi connectivity index (χ1) is 9.74. The number of piperidine rings is 1. The zero-order valence-corrected chi connectivity index (χ0v) is 13.9. The van der Waals surface area contributed by atoms with Crippen LogP contribution in [0.3, 0.4) is 0 Å². The summed E-state index contributed by atoms with van der Waals surface area (Å²) in [7, 11) is 0. The van der Waals surface area contributed by atoms with Gasteiger partial charge in [0.15, 0.2) is 0 Å². The van der Waals surface area contributed by atoms with Crippen LogP contribution >= 0.6 is 15.9 Å². The first kappa shape index (κ1) is 15.8. The van der Waals surface area contributed by atoms with Crippen molar-refractivity contribution in [2.24, 2.45) is 5.73 Å². The quantitative estimate of drug-likeness (QED) is 0.862. The Labute approximate surface area is 130 Å². The minimum absolute atomic E-state index is 0.381. The topological polar surface area (TPSA) is 38.5 Å². The summed E-state index contributed by atoms with van der Waals surface area (Å²) in [6.07, 6.45) is 4.78. The van der Waals surface area contributed by atoms with E-state index in [-0.39, 0.29) is 0 Å². The molecule has 0 amide bonds. The number of halogens is 1. The van der Waals surface area contributed by atoms with Gasteiger partial charge in [-0.2, -0.15) is 0 Å². The number of hydrogen-bond donors (Lipinski definition) is 1. The maximum absolute atomic E-state index is 5.91. The number of nitrogens with two attached hydrogens (primary N) is 1. The predicted octanol–water partition coefficient (Wildman–Crippen LogP) is 3.35. The van der Waals surface area contributed by atoms with E-state index in [9.17, 15) is 0 Å². The van der Waals surface area contributed by atoms with E-state index in [0.717, 1.165) is 37.0 Å². The maximum Gasteiger partial charge on any atom is 0.0750 e. The van der Waals surface area contributed by atoms with Crippen LogP contribution in [0.25, 0.3) is 0 Å². The Morgan fingerprint density at radius 1 is 1.45 bits per heavy atom. The summed E-state index contributed by atoms with van der Waals surface area (Å²) in [5, 5.41) is 0. The highest BCUT2D eigenvalue weighted by molar-refractivity contribution is 9.10. The molecule has 1 aliphatic rings. The monoisotopic (exact) mass is 340 g/mol. The van der Waals surface area contributed by atoms with E-state index in [1.165, 1.54) is 24.1 Å². The largest absolute Gasteiger partial charge is 0.376 e. The highest BCUT2D eigenvalue weighted by Crippen LogP contribution is 2.27. The zero-order valence-electron chi connectivity index (χ0n) is 12.3. The molecule has 1 fully saturated rings. The Kier molecular flexibility index (Phi) is 6.33. The molecule has 0 saturated carbocycles. The third kappa shape index (κ3) is 4.21. The molecule has 1 aromatic carbocycles. The molecule has 1 saturated heterocycles. The van der Waals surface area contributed by atoms with E-state index in [2.05, 4.69) is 46.0 Å². The van der Waals surface area contributed by atoms with E-state index in [4.69, 9.17) is 10.5 Å². The van der Waals surface area contributed by atoms with E-state index in [0.29, 0.717) is 12.6 Å². The molecule has 2 N–H and O–H groups in total. The second-order valence-electron chi connectivity index (χ2n) is 5.40. The van der Waals surface area contributed by atoms with Crippen LogP contribution in [-0.2, 0) is 11.2 Å². The standard InChI is InChI=1S/C16H25BrN2O/c1-2-10-20-15-4-3-9-19(12-15)14-6-5-13(7-8-18)16(17)11-14/h5-6,11,15H,2-4,7-10,12,18H2,1H3. The van der Waals surface area contributed by atoms with Crippen molar-refractivity contribution in [3.63, 3.8) is 0 Å². The van der Waals surface area contributed by atoms with Gasteiger partial charge >= 0.3 is 0 Å². The Morgan fingerprint density at radius 3 is 3.00 bits per heavy atom. The zero-order chi connectivity index (χ0) is 14.4. The fourth-order valence-corrected chi connectivity index (χ4v) is 3.25. The minimum atomic E-state index is 0.381. The third-order valence-corrected chi connectivity index (χ3v) is 4.49. The maximum atomic E-state index is 5.91. The summed E-state index contributed by atoms with van der Waals surface area (Å²) in [6.45, 7) is 5.84. The van der Waals surface area contributed by atoms with Crippen LogP contribution in [0.4, 0.5) is 5.69 Å². The number of rotatable bonds is 6. The average Bonchev–Trinajstić information content (AvgIpc) is 2.48. The molecule has 0 radical (unpaired) electrons. The number of hydrogen-bond acceptors (Lipinski definition) is 3. The van der Waals surface area contributed by atoms with Gasteiger partial charge < -0.3 is 15.4 Å². The van der Waals surface area contributed by atoms with Crippen molar-refractivity contribution in [3.8, 4) is 0 Å². The molecule has 112 valence electrons. The molecular formula is C16H25BrN2O. The van der Waals surface area contributed by atoms with Gasteiger partial charge in [0.05, 0.1) is 6.10 Å². The van der Waals surface area contributed by atoms with Gasteiger partial charge in [-0.1, -0.05) is 28.9 Å². The molecular weight excluding hydrogens is 316 g/mol. The Balaban J connectivity index is 2.01. The van der Waals surface area contributed by atoms with Crippen LogP contribution in [0.2, 0.25) is 0 Å². The lowest BCUT2D eigenvalue weighted by atomic mass is 10.1. The molecule has 0 spiro atoms. The van der Waals surface area contributed by atoms with Gasteiger partial charge in [-0.05, 0) is 49.9 Å². The van der Waals surface area contributed by atoms with Crippen LogP contribution in [0.1, 0.15) is 31.7 Å².